The Morgan fingerprint density at radius 3 is 2.25 bits per heavy atom. The van der Waals surface area contributed by atoms with Crippen LogP contribution in [0.2, 0.25) is 0 Å². The predicted octanol–water partition coefficient (Wildman–Crippen LogP) is 1.76. The molecule has 2 N–H and O–H groups in total. The SMILES string of the molecule is NC(=O)c1c(C(F)(F)F)ccc(C=O)c1F. The number of nitrogens with two attached hydrogens (primary N) is 1. The second kappa shape index (κ2) is 3.92. The molecule has 0 bridgehead atoms. The van der Waals surface area contributed by atoms with Gasteiger partial charge in [0.25, 0.3) is 5.91 Å². The van der Waals surface area contributed by atoms with Crippen LogP contribution in [0.5, 0.6) is 0 Å². The third-order valence-corrected chi connectivity index (χ3v) is 1.85. The molecular formula is C9H5F4NO2. The Labute approximate surface area is 86.9 Å². The Balaban J connectivity index is 3.60. The lowest BCUT2D eigenvalue weighted by molar-refractivity contribution is -0.138. The number of carbonyl (C=O) groups excluding carboxylic acids is 2. The van der Waals surface area contributed by atoms with Crippen LogP contribution in [0.4, 0.5) is 17.6 Å². The summed E-state index contributed by atoms with van der Waals surface area (Å²) in [5.41, 5.74) is 1.17. The van der Waals surface area contributed by atoms with Crippen molar-refractivity contribution in [3.05, 3.63) is 34.6 Å². The highest BCUT2D eigenvalue weighted by Gasteiger charge is 2.37. The van der Waals surface area contributed by atoms with Gasteiger partial charge in [-0.1, -0.05) is 0 Å². The first-order chi connectivity index (χ1) is 7.29. The molecule has 1 aromatic rings. The molecule has 0 radical (unpaired) electrons. The van der Waals surface area contributed by atoms with E-state index in [9.17, 15) is 27.2 Å². The summed E-state index contributed by atoms with van der Waals surface area (Å²) in [5.74, 6) is -3.13. The van der Waals surface area contributed by atoms with Gasteiger partial charge in [0.2, 0.25) is 0 Å². The largest absolute Gasteiger partial charge is 0.417 e. The number of amides is 1. The molecule has 0 spiro atoms. The molecule has 16 heavy (non-hydrogen) atoms. The topological polar surface area (TPSA) is 60.2 Å². The maximum atomic E-state index is 13.3. The molecule has 7 heteroatoms. The molecule has 0 aliphatic carbocycles. The Hall–Kier alpha value is -1.92. The first-order valence-corrected chi connectivity index (χ1v) is 3.93. The van der Waals surface area contributed by atoms with Crippen LogP contribution in [0.15, 0.2) is 12.1 Å². The Bertz CT molecular complexity index is 454. The van der Waals surface area contributed by atoms with Crippen LogP contribution in [-0.2, 0) is 6.18 Å². The fourth-order valence-electron chi connectivity index (χ4n) is 1.16. The zero-order chi connectivity index (χ0) is 12.5. The molecule has 3 nitrogen and oxygen atoms in total. The van der Waals surface area contributed by atoms with Crippen molar-refractivity contribution in [3.8, 4) is 0 Å². The van der Waals surface area contributed by atoms with Gasteiger partial charge in [-0.25, -0.2) is 4.39 Å². The molecule has 0 aliphatic rings. The van der Waals surface area contributed by atoms with Crippen molar-refractivity contribution >= 4 is 12.2 Å². The van der Waals surface area contributed by atoms with Gasteiger partial charge in [-0.15, -0.1) is 0 Å². The summed E-state index contributed by atoms with van der Waals surface area (Å²) < 4.78 is 50.4. The number of hydrogen-bond acceptors (Lipinski definition) is 2. The molecule has 0 heterocycles. The van der Waals surface area contributed by atoms with Crippen LogP contribution in [0.3, 0.4) is 0 Å². The standard InChI is InChI=1S/C9H5F4NO2/c10-7-4(3-15)1-2-5(9(11,12)13)6(7)8(14)16/h1-3H,(H2,14,16). The van der Waals surface area contributed by atoms with Crippen LogP contribution in [0.25, 0.3) is 0 Å². The first kappa shape index (κ1) is 12.2. The Morgan fingerprint density at radius 1 is 1.31 bits per heavy atom. The lowest BCUT2D eigenvalue weighted by atomic mass is 10.0. The average Bonchev–Trinajstić information content (AvgIpc) is 2.15. The van der Waals surface area contributed by atoms with E-state index in [2.05, 4.69) is 5.73 Å². The molecule has 1 aromatic carbocycles. The van der Waals surface area contributed by atoms with Crippen molar-refractivity contribution < 1.29 is 27.2 Å². The molecule has 1 amide bonds. The van der Waals surface area contributed by atoms with Gasteiger partial charge in [-0.3, -0.25) is 9.59 Å². The fraction of sp³-hybridized carbons (Fsp3) is 0.111. The third-order valence-electron chi connectivity index (χ3n) is 1.85. The number of aldehydes is 1. The van der Waals surface area contributed by atoms with Gasteiger partial charge in [-0.05, 0) is 12.1 Å². The van der Waals surface area contributed by atoms with E-state index < -0.39 is 34.6 Å². The zero-order valence-corrected chi connectivity index (χ0v) is 7.64. The highest BCUT2D eigenvalue weighted by atomic mass is 19.4. The highest BCUT2D eigenvalue weighted by Crippen LogP contribution is 2.33. The Morgan fingerprint density at radius 2 is 1.88 bits per heavy atom. The van der Waals surface area contributed by atoms with Crippen LogP contribution in [-0.4, -0.2) is 12.2 Å². The van der Waals surface area contributed by atoms with Crippen molar-refractivity contribution in [2.75, 3.05) is 0 Å². The van der Waals surface area contributed by atoms with Gasteiger partial charge in [0.1, 0.15) is 5.82 Å². The summed E-state index contributed by atoms with van der Waals surface area (Å²) in [7, 11) is 0. The summed E-state index contributed by atoms with van der Waals surface area (Å²) in [6, 6.07) is 1.07. The first-order valence-electron chi connectivity index (χ1n) is 3.93. The minimum absolute atomic E-state index is 0.00191. The highest BCUT2D eigenvalue weighted by molar-refractivity contribution is 5.96. The molecule has 0 saturated heterocycles. The summed E-state index contributed by atoms with van der Waals surface area (Å²) in [4.78, 5) is 21.0. The van der Waals surface area contributed by atoms with Crippen LogP contribution >= 0.6 is 0 Å². The van der Waals surface area contributed by atoms with Gasteiger partial charge >= 0.3 is 6.18 Å². The average molecular weight is 235 g/mol. The minimum atomic E-state index is -4.91. The minimum Gasteiger partial charge on any atom is -0.365 e. The number of rotatable bonds is 2. The quantitative estimate of drug-likeness (QED) is 0.627. The number of hydrogen-bond donors (Lipinski definition) is 1. The van der Waals surface area contributed by atoms with Crippen LogP contribution < -0.4 is 5.73 Å². The molecule has 0 atom stereocenters. The summed E-state index contributed by atoms with van der Waals surface area (Å²) >= 11 is 0. The monoisotopic (exact) mass is 235 g/mol. The van der Waals surface area contributed by atoms with E-state index in [1.165, 1.54) is 0 Å². The zero-order valence-electron chi connectivity index (χ0n) is 7.64. The molecule has 86 valence electrons. The normalized spacial score (nSPS) is 11.2. The van der Waals surface area contributed by atoms with Crippen molar-refractivity contribution in [1.29, 1.82) is 0 Å². The van der Waals surface area contributed by atoms with E-state index >= 15 is 0 Å². The van der Waals surface area contributed by atoms with E-state index in [4.69, 9.17) is 0 Å². The summed E-state index contributed by atoms with van der Waals surface area (Å²) in [6.07, 6.45) is -4.91. The van der Waals surface area contributed by atoms with Gasteiger partial charge in [0, 0.05) is 0 Å². The number of alkyl halides is 3. The maximum absolute atomic E-state index is 13.3. The van der Waals surface area contributed by atoms with Gasteiger partial charge in [0.15, 0.2) is 6.29 Å². The second-order valence-electron chi connectivity index (χ2n) is 2.87. The number of benzene rings is 1. The Kier molecular flexibility index (Phi) is 2.97. The van der Waals surface area contributed by atoms with Gasteiger partial charge < -0.3 is 5.73 Å². The van der Waals surface area contributed by atoms with Crippen molar-refractivity contribution in [2.45, 2.75) is 6.18 Å². The van der Waals surface area contributed by atoms with E-state index in [-0.39, 0.29) is 6.29 Å². The van der Waals surface area contributed by atoms with Crippen molar-refractivity contribution in [1.82, 2.24) is 0 Å². The lowest BCUT2D eigenvalue weighted by Gasteiger charge is -2.11. The summed E-state index contributed by atoms with van der Waals surface area (Å²) in [6.45, 7) is 0. The van der Waals surface area contributed by atoms with E-state index in [0.29, 0.717) is 12.1 Å². The van der Waals surface area contributed by atoms with Gasteiger partial charge in [-0.2, -0.15) is 13.2 Å². The molecule has 1 rings (SSSR count). The second-order valence-corrected chi connectivity index (χ2v) is 2.87. The smallest absolute Gasteiger partial charge is 0.365 e. The van der Waals surface area contributed by atoms with Crippen LogP contribution in [0, 0.1) is 5.82 Å². The van der Waals surface area contributed by atoms with E-state index in [0.717, 1.165) is 0 Å². The van der Waals surface area contributed by atoms with Crippen molar-refractivity contribution in [3.63, 3.8) is 0 Å². The molecule has 0 unspecified atom stereocenters. The van der Waals surface area contributed by atoms with Crippen molar-refractivity contribution in [2.24, 2.45) is 5.73 Å². The van der Waals surface area contributed by atoms with E-state index in [1.807, 2.05) is 0 Å². The predicted molar refractivity (Wildman–Crippen MR) is 45.3 cm³/mol. The van der Waals surface area contributed by atoms with Gasteiger partial charge in [0.05, 0.1) is 16.7 Å². The number of carbonyl (C=O) groups is 2. The molecule has 0 fully saturated rings. The third kappa shape index (κ3) is 2.02. The maximum Gasteiger partial charge on any atom is 0.417 e. The molecule has 0 aliphatic heterocycles. The molecule has 0 aromatic heterocycles. The fourth-order valence-corrected chi connectivity index (χ4v) is 1.16. The molecule has 0 saturated carbocycles. The number of primary amides is 1. The summed E-state index contributed by atoms with van der Waals surface area (Å²) in [5, 5.41) is 0. The van der Waals surface area contributed by atoms with Crippen LogP contribution in [0.1, 0.15) is 26.3 Å². The number of halogens is 4. The molecular weight excluding hydrogens is 230 g/mol. The lowest BCUT2D eigenvalue weighted by Crippen LogP contribution is -2.21. The van der Waals surface area contributed by atoms with E-state index in [1.54, 1.807) is 0 Å².